The molecule has 1 aliphatic rings. The van der Waals surface area contributed by atoms with E-state index in [0.717, 1.165) is 0 Å². The third kappa shape index (κ3) is 4.92. The van der Waals surface area contributed by atoms with Crippen LogP contribution >= 0.6 is 12.4 Å². The van der Waals surface area contributed by atoms with Crippen molar-refractivity contribution >= 4 is 24.2 Å². The molecule has 1 aliphatic heterocycles. The van der Waals surface area contributed by atoms with Gasteiger partial charge in [0.05, 0.1) is 6.04 Å². The highest BCUT2D eigenvalue weighted by molar-refractivity contribution is 5.94. The number of nitrogens with two attached hydrogens (primary N) is 2. The van der Waals surface area contributed by atoms with Crippen molar-refractivity contribution < 1.29 is 14.0 Å². The van der Waals surface area contributed by atoms with E-state index in [4.69, 9.17) is 11.5 Å². The SMILES string of the molecule is CC(C)(C)C(N)C(=O)N1CCC(c2cc(F)ccc2C(N)=O)CC1.Cl. The molecule has 4 N–H and O–H groups in total. The lowest BCUT2D eigenvalue weighted by Crippen LogP contribution is -2.52. The molecule has 0 aliphatic carbocycles. The van der Waals surface area contributed by atoms with Gasteiger partial charge in [0, 0.05) is 18.7 Å². The van der Waals surface area contributed by atoms with Gasteiger partial charge >= 0.3 is 0 Å². The first-order valence-electron chi connectivity index (χ1n) is 8.25. The molecule has 25 heavy (non-hydrogen) atoms. The molecule has 2 amide bonds. The first-order valence-corrected chi connectivity index (χ1v) is 8.25. The van der Waals surface area contributed by atoms with Crippen LogP contribution in [0.15, 0.2) is 18.2 Å². The van der Waals surface area contributed by atoms with Gasteiger partial charge in [0.25, 0.3) is 0 Å². The van der Waals surface area contributed by atoms with Gasteiger partial charge in [0.2, 0.25) is 11.8 Å². The van der Waals surface area contributed by atoms with E-state index in [2.05, 4.69) is 0 Å². The molecular weight excluding hydrogens is 345 g/mol. The second-order valence-corrected chi connectivity index (χ2v) is 7.54. The predicted molar refractivity (Wildman–Crippen MR) is 98.2 cm³/mol. The van der Waals surface area contributed by atoms with E-state index in [9.17, 15) is 14.0 Å². The van der Waals surface area contributed by atoms with Gasteiger partial charge in [-0.1, -0.05) is 20.8 Å². The van der Waals surface area contributed by atoms with Crippen LogP contribution in [0.2, 0.25) is 0 Å². The van der Waals surface area contributed by atoms with Crippen LogP contribution < -0.4 is 11.5 Å². The van der Waals surface area contributed by atoms with Gasteiger partial charge in [-0.25, -0.2) is 4.39 Å². The molecule has 1 aromatic rings. The lowest BCUT2D eigenvalue weighted by atomic mass is 9.84. The van der Waals surface area contributed by atoms with Gasteiger partial charge in [-0.2, -0.15) is 0 Å². The molecule has 0 bridgehead atoms. The zero-order valence-electron chi connectivity index (χ0n) is 14.9. The second kappa shape index (κ2) is 8.15. The van der Waals surface area contributed by atoms with E-state index in [1.165, 1.54) is 18.2 Å². The number of amides is 2. The maximum Gasteiger partial charge on any atom is 0.248 e. The quantitative estimate of drug-likeness (QED) is 0.855. The average Bonchev–Trinajstić information content (AvgIpc) is 2.52. The fraction of sp³-hybridized carbons (Fsp3) is 0.556. The Labute approximate surface area is 154 Å². The van der Waals surface area contributed by atoms with E-state index >= 15 is 0 Å². The van der Waals surface area contributed by atoms with Crippen LogP contribution in [0, 0.1) is 11.2 Å². The molecule has 0 radical (unpaired) electrons. The molecule has 1 unspecified atom stereocenters. The summed E-state index contributed by atoms with van der Waals surface area (Å²) in [6.45, 7) is 6.90. The van der Waals surface area contributed by atoms with Crippen molar-refractivity contribution in [2.24, 2.45) is 16.9 Å². The number of nitrogens with zero attached hydrogens (tertiary/aromatic N) is 1. The molecule has 140 valence electrons. The van der Waals surface area contributed by atoms with E-state index < -0.39 is 11.9 Å². The molecule has 0 spiro atoms. The van der Waals surface area contributed by atoms with Crippen LogP contribution in [0.4, 0.5) is 4.39 Å². The van der Waals surface area contributed by atoms with Crippen molar-refractivity contribution in [3.05, 3.63) is 35.1 Å². The normalized spacial score (nSPS) is 16.9. The topological polar surface area (TPSA) is 89.4 Å². The summed E-state index contributed by atoms with van der Waals surface area (Å²) >= 11 is 0. The van der Waals surface area contributed by atoms with Gasteiger partial charge < -0.3 is 16.4 Å². The molecule has 2 rings (SSSR count). The maximum atomic E-state index is 13.6. The summed E-state index contributed by atoms with van der Waals surface area (Å²) in [4.78, 5) is 25.8. The van der Waals surface area contributed by atoms with Gasteiger partial charge in [-0.15, -0.1) is 12.4 Å². The summed E-state index contributed by atoms with van der Waals surface area (Å²) in [5, 5.41) is 0. The molecular formula is C18H27ClFN3O2. The van der Waals surface area contributed by atoms with Crippen LogP contribution in [0.1, 0.15) is 55.5 Å². The lowest BCUT2D eigenvalue weighted by molar-refractivity contribution is -0.136. The number of likely N-dealkylation sites (tertiary alicyclic amines) is 1. The number of hydrogen-bond donors (Lipinski definition) is 2. The minimum Gasteiger partial charge on any atom is -0.366 e. The van der Waals surface area contributed by atoms with E-state index in [1.807, 2.05) is 20.8 Å². The van der Waals surface area contributed by atoms with Gasteiger partial charge in [-0.05, 0) is 47.9 Å². The van der Waals surface area contributed by atoms with Crippen molar-refractivity contribution in [3.8, 4) is 0 Å². The highest BCUT2D eigenvalue weighted by atomic mass is 35.5. The Balaban J connectivity index is 0.00000312. The Morgan fingerprint density at radius 3 is 2.28 bits per heavy atom. The maximum absolute atomic E-state index is 13.6. The third-order valence-corrected chi connectivity index (χ3v) is 4.72. The zero-order chi connectivity index (χ0) is 18.1. The fourth-order valence-corrected chi connectivity index (χ4v) is 3.07. The van der Waals surface area contributed by atoms with E-state index in [1.54, 1.807) is 4.90 Å². The summed E-state index contributed by atoms with van der Waals surface area (Å²) in [5.74, 6) is -0.991. The minimum absolute atomic E-state index is 0. The fourth-order valence-electron chi connectivity index (χ4n) is 3.07. The standard InChI is InChI=1S/C18H26FN3O2.ClH/c1-18(2,3)15(20)17(24)22-8-6-11(7-9-22)14-10-12(19)4-5-13(14)16(21)23;/h4-5,10-11,15H,6-9,20H2,1-3H3,(H2,21,23);1H. The smallest absolute Gasteiger partial charge is 0.248 e. The molecule has 1 atom stereocenters. The predicted octanol–water partition coefficient (Wildman–Crippen LogP) is 2.43. The van der Waals surface area contributed by atoms with Gasteiger partial charge in [-0.3, -0.25) is 9.59 Å². The first kappa shape index (κ1) is 21.4. The Morgan fingerprint density at radius 1 is 1.24 bits per heavy atom. The largest absolute Gasteiger partial charge is 0.366 e. The number of rotatable bonds is 3. The molecule has 1 aromatic carbocycles. The summed E-state index contributed by atoms with van der Waals surface area (Å²) in [6, 6.07) is 3.50. The summed E-state index contributed by atoms with van der Waals surface area (Å²) in [6.07, 6.45) is 1.32. The monoisotopic (exact) mass is 371 g/mol. The van der Waals surface area contributed by atoms with Crippen LogP contribution in [0.5, 0.6) is 0 Å². The number of halogens is 2. The average molecular weight is 372 g/mol. The van der Waals surface area contributed by atoms with Gasteiger partial charge in [0.1, 0.15) is 5.82 Å². The number of piperidine rings is 1. The Morgan fingerprint density at radius 2 is 1.80 bits per heavy atom. The lowest BCUT2D eigenvalue weighted by Gasteiger charge is -2.37. The van der Waals surface area contributed by atoms with Crippen LogP contribution in [0.3, 0.4) is 0 Å². The van der Waals surface area contributed by atoms with Crippen LogP contribution in [0.25, 0.3) is 0 Å². The van der Waals surface area contributed by atoms with Crippen molar-refractivity contribution in [1.82, 2.24) is 4.90 Å². The summed E-state index contributed by atoms with van der Waals surface area (Å²) in [7, 11) is 0. The summed E-state index contributed by atoms with van der Waals surface area (Å²) < 4.78 is 13.6. The highest BCUT2D eigenvalue weighted by Gasteiger charge is 2.33. The molecule has 1 saturated heterocycles. The molecule has 0 aromatic heterocycles. The number of benzene rings is 1. The van der Waals surface area contributed by atoms with Crippen molar-refractivity contribution in [2.75, 3.05) is 13.1 Å². The molecule has 5 nitrogen and oxygen atoms in total. The number of carbonyl (C=O) groups excluding carboxylic acids is 2. The van der Waals surface area contributed by atoms with E-state index in [-0.39, 0.29) is 35.5 Å². The number of carbonyl (C=O) groups is 2. The first-order chi connectivity index (χ1) is 11.1. The zero-order valence-corrected chi connectivity index (χ0v) is 15.7. The number of primary amides is 1. The minimum atomic E-state index is -0.557. The molecule has 1 heterocycles. The summed E-state index contributed by atoms with van der Waals surface area (Å²) in [5.41, 5.74) is 12.1. The molecule has 1 fully saturated rings. The number of hydrogen-bond acceptors (Lipinski definition) is 3. The van der Waals surface area contributed by atoms with Crippen molar-refractivity contribution in [1.29, 1.82) is 0 Å². The van der Waals surface area contributed by atoms with Gasteiger partial charge in [0.15, 0.2) is 0 Å². The van der Waals surface area contributed by atoms with Crippen molar-refractivity contribution in [3.63, 3.8) is 0 Å². The Kier molecular flexibility index (Phi) is 6.97. The van der Waals surface area contributed by atoms with Crippen LogP contribution in [-0.4, -0.2) is 35.8 Å². The van der Waals surface area contributed by atoms with Crippen molar-refractivity contribution in [2.45, 2.75) is 45.6 Å². The highest BCUT2D eigenvalue weighted by Crippen LogP contribution is 2.32. The second-order valence-electron chi connectivity index (χ2n) is 7.54. The third-order valence-electron chi connectivity index (χ3n) is 4.72. The van der Waals surface area contributed by atoms with E-state index in [0.29, 0.717) is 37.1 Å². The Hall–Kier alpha value is -1.66. The van der Waals surface area contributed by atoms with Crippen LogP contribution in [-0.2, 0) is 4.79 Å². The molecule has 7 heteroatoms. The molecule has 0 saturated carbocycles. The Bertz CT molecular complexity index is 638.